The Morgan fingerprint density at radius 2 is 2.10 bits per heavy atom. The molecule has 0 saturated carbocycles. The normalized spacial score (nSPS) is 17.6. The van der Waals surface area contributed by atoms with Gasteiger partial charge in [-0.3, -0.25) is 4.90 Å². The number of furan rings is 1. The van der Waals surface area contributed by atoms with Crippen molar-refractivity contribution in [2.24, 2.45) is 0 Å². The molecule has 0 aromatic carbocycles. The molecule has 20 heavy (non-hydrogen) atoms. The van der Waals surface area contributed by atoms with Gasteiger partial charge in [-0.1, -0.05) is 5.16 Å². The molecule has 3 heterocycles. The zero-order valence-corrected chi connectivity index (χ0v) is 13.1. The smallest absolute Gasteiger partial charge is 0.262 e. The molecule has 0 amide bonds. The van der Waals surface area contributed by atoms with Crippen molar-refractivity contribution in [2.75, 3.05) is 26.2 Å². The van der Waals surface area contributed by atoms with Crippen LogP contribution in [0.15, 0.2) is 25.9 Å². The van der Waals surface area contributed by atoms with E-state index < -0.39 is 0 Å². The van der Waals surface area contributed by atoms with Crippen LogP contribution in [0.2, 0.25) is 0 Å². The zero-order valence-electron chi connectivity index (χ0n) is 11.5. The Balaban J connectivity index is 1.87. The first-order chi connectivity index (χ1) is 9.59. The van der Waals surface area contributed by atoms with Gasteiger partial charge < -0.3 is 14.3 Å². The van der Waals surface area contributed by atoms with E-state index in [-0.39, 0.29) is 5.54 Å². The zero-order chi connectivity index (χ0) is 14.2. The Hall–Kier alpha value is -1.18. The Bertz CT molecular complexity index is 587. The summed E-state index contributed by atoms with van der Waals surface area (Å²) in [6.45, 7) is 8.18. The second-order valence-electron chi connectivity index (χ2n) is 5.33. The van der Waals surface area contributed by atoms with Gasteiger partial charge in [-0.2, -0.15) is 4.98 Å². The topological polar surface area (TPSA) is 67.3 Å². The minimum absolute atomic E-state index is 0.250. The Kier molecular flexibility index (Phi) is 3.66. The summed E-state index contributed by atoms with van der Waals surface area (Å²) in [4.78, 5) is 6.89. The number of rotatable bonds is 3. The van der Waals surface area contributed by atoms with Gasteiger partial charge in [-0.25, -0.2) is 0 Å². The van der Waals surface area contributed by atoms with Gasteiger partial charge in [0.05, 0.1) is 17.4 Å². The molecule has 0 aliphatic carbocycles. The number of halogens is 1. The molecule has 1 aliphatic rings. The predicted octanol–water partition coefficient (Wildman–Crippen LogP) is 2.23. The SMILES string of the molecule is CC(C)(c1noc(-c2ccoc2Br)n1)N1CCNCC1. The molecule has 1 aliphatic heterocycles. The van der Waals surface area contributed by atoms with E-state index in [1.54, 1.807) is 12.3 Å². The Morgan fingerprint density at radius 1 is 1.35 bits per heavy atom. The molecule has 6 nitrogen and oxygen atoms in total. The molecule has 7 heteroatoms. The quantitative estimate of drug-likeness (QED) is 0.924. The summed E-state index contributed by atoms with van der Waals surface area (Å²) in [6.07, 6.45) is 1.59. The third kappa shape index (κ3) is 2.41. The van der Waals surface area contributed by atoms with Crippen molar-refractivity contribution in [3.8, 4) is 11.5 Å². The van der Waals surface area contributed by atoms with Crippen LogP contribution < -0.4 is 5.32 Å². The highest BCUT2D eigenvalue weighted by Crippen LogP contribution is 2.31. The van der Waals surface area contributed by atoms with Crippen molar-refractivity contribution in [3.05, 3.63) is 22.8 Å². The number of nitrogens with one attached hydrogen (secondary N) is 1. The van der Waals surface area contributed by atoms with Crippen LogP contribution in [0.3, 0.4) is 0 Å². The maximum Gasteiger partial charge on any atom is 0.262 e. The fourth-order valence-corrected chi connectivity index (χ4v) is 2.80. The third-order valence-electron chi connectivity index (χ3n) is 3.73. The van der Waals surface area contributed by atoms with Crippen LogP contribution in [0.4, 0.5) is 0 Å². The second-order valence-corrected chi connectivity index (χ2v) is 6.05. The summed E-state index contributed by atoms with van der Waals surface area (Å²) in [7, 11) is 0. The number of nitrogens with zero attached hydrogens (tertiary/aromatic N) is 3. The van der Waals surface area contributed by atoms with E-state index in [9.17, 15) is 0 Å². The van der Waals surface area contributed by atoms with E-state index in [1.165, 1.54) is 0 Å². The molecule has 0 spiro atoms. The van der Waals surface area contributed by atoms with E-state index in [1.807, 2.05) is 0 Å². The average Bonchev–Trinajstić information content (AvgIpc) is 3.08. The Labute approximate surface area is 125 Å². The standard InChI is InChI=1S/C13H17BrN4O2/c1-13(2,18-6-4-15-5-7-18)12-16-11(20-17-12)9-3-8-19-10(9)14/h3,8,15H,4-7H2,1-2H3. The molecule has 2 aromatic heterocycles. The van der Waals surface area contributed by atoms with Crippen molar-refractivity contribution in [1.29, 1.82) is 0 Å². The Morgan fingerprint density at radius 3 is 2.75 bits per heavy atom. The number of hydrogen-bond donors (Lipinski definition) is 1. The van der Waals surface area contributed by atoms with Crippen LogP contribution in [0.25, 0.3) is 11.5 Å². The van der Waals surface area contributed by atoms with E-state index in [4.69, 9.17) is 8.94 Å². The van der Waals surface area contributed by atoms with Gasteiger partial charge in [0.15, 0.2) is 10.5 Å². The lowest BCUT2D eigenvalue weighted by Gasteiger charge is -2.38. The first-order valence-corrected chi connectivity index (χ1v) is 7.41. The van der Waals surface area contributed by atoms with Gasteiger partial charge in [0.1, 0.15) is 0 Å². The van der Waals surface area contributed by atoms with E-state index in [2.05, 4.69) is 50.1 Å². The third-order valence-corrected chi connectivity index (χ3v) is 4.34. The summed E-state index contributed by atoms with van der Waals surface area (Å²) in [5.74, 6) is 1.17. The van der Waals surface area contributed by atoms with Crippen LogP contribution in [0.1, 0.15) is 19.7 Å². The van der Waals surface area contributed by atoms with Crippen LogP contribution in [0, 0.1) is 0 Å². The van der Waals surface area contributed by atoms with Gasteiger partial charge in [-0.05, 0) is 35.8 Å². The maximum atomic E-state index is 5.37. The van der Waals surface area contributed by atoms with Crippen LogP contribution in [-0.4, -0.2) is 41.2 Å². The van der Waals surface area contributed by atoms with Crippen molar-refractivity contribution in [3.63, 3.8) is 0 Å². The van der Waals surface area contributed by atoms with E-state index in [0.717, 1.165) is 31.7 Å². The molecular weight excluding hydrogens is 324 g/mol. The summed E-state index contributed by atoms with van der Waals surface area (Å²) in [5.41, 5.74) is 0.528. The van der Waals surface area contributed by atoms with Crippen molar-refractivity contribution >= 4 is 15.9 Å². The molecule has 108 valence electrons. The molecule has 0 bridgehead atoms. The summed E-state index contributed by atoms with van der Waals surface area (Å²) in [5, 5.41) is 7.50. The molecule has 2 aromatic rings. The largest absolute Gasteiger partial charge is 0.457 e. The average molecular weight is 341 g/mol. The van der Waals surface area contributed by atoms with Crippen LogP contribution >= 0.6 is 15.9 Å². The lowest BCUT2D eigenvalue weighted by Crippen LogP contribution is -2.52. The maximum absolute atomic E-state index is 5.37. The van der Waals surface area contributed by atoms with Crippen LogP contribution in [0.5, 0.6) is 0 Å². The van der Waals surface area contributed by atoms with Crippen LogP contribution in [-0.2, 0) is 5.54 Å². The van der Waals surface area contributed by atoms with Gasteiger partial charge in [0.2, 0.25) is 0 Å². The number of aromatic nitrogens is 2. The summed E-state index contributed by atoms with van der Waals surface area (Å²) in [6, 6.07) is 1.80. The molecule has 3 rings (SSSR count). The number of piperazine rings is 1. The molecule has 1 fully saturated rings. The highest BCUT2D eigenvalue weighted by atomic mass is 79.9. The van der Waals surface area contributed by atoms with Gasteiger partial charge >= 0.3 is 0 Å². The lowest BCUT2D eigenvalue weighted by molar-refractivity contribution is 0.0925. The molecule has 0 radical (unpaired) electrons. The van der Waals surface area contributed by atoms with Crippen molar-refractivity contribution < 1.29 is 8.94 Å². The first-order valence-electron chi connectivity index (χ1n) is 6.62. The summed E-state index contributed by atoms with van der Waals surface area (Å²) < 4.78 is 11.2. The monoisotopic (exact) mass is 340 g/mol. The van der Waals surface area contributed by atoms with Gasteiger partial charge in [-0.15, -0.1) is 0 Å². The molecular formula is C13H17BrN4O2. The van der Waals surface area contributed by atoms with Crippen molar-refractivity contribution in [2.45, 2.75) is 19.4 Å². The van der Waals surface area contributed by atoms with Gasteiger partial charge in [0.25, 0.3) is 5.89 Å². The lowest BCUT2D eigenvalue weighted by atomic mass is 10.0. The van der Waals surface area contributed by atoms with Crippen molar-refractivity contribution in [1.82, 2.24) is 20.4 Å². The van der Waals surface area contributed by atoms with Gasteiger partial charge in [0, 0.05) is 26.2 Å². The molecule has 0 atom stereocenters. The summed E-state index contributed by atoms with van der Waals surface area (Å²) >= 11 is 3.33. The van der Waals surface area contributed by atoms with E-state index in [0.29, 0.717) is 16.4 Å². The molecule has 0 unspecified atom stereocenters. The fourth-order valence-electron chi connectivity index (χ4n) is 2.39. The molecule has 1 N–H and O–H groups in total. The highest BCUT2D eigenvalue weighted by molar-refractivity contribution is 9.10. The van der Waals surface area contributed by atoms with E-state index >= 15 is 0 Å². The minimum atomic E-state index is -0.250. The fraction of sp³-hybridized carbons (Fsp3) is 0.538. The highest BCUT2D eigenvalue weighted by Gasteiger charge is 2.34. The minimum Gasteiger partial charge on any atom is -0.457 e. The number of hydrogen-bond acceptors (Lipinski definition) is 6. The predicted molar refractivity (Wildman–Crippen MR) is 77.2 cm³/mol. The first kappa shape index (κ1) is 13.8. The second kappa shape index (κ2) is 5.31. The molecule has 1 saturated heterocycles.